The van der Waals surface area contributed by atoms with Gasteiger partial charge in [0.1, 0.15) is 17.5 Å². The molecule has 0 spiro atoms. The summed E-state index contributed by atoms with van der Waals surface area (Å²) in [6.45, 7) is 2.15. The van der Waals surface area contributed by atoms with Gasteiger partial charge >= 0.3 is 0 Å². The van der Waals surface area contributed by atoms with Crippen LogP contribution >= 0.6 is 0 Å². The number of aromatic nitrogens is 2. The fourth-order valence-corrected chi connectivity index (χ4v) is 2.24. The van der Waals surface area contributed by atoms with Crippen LogP contribution < -0.4 is 10.6 Å². The summed E-state index contributed by atoms with van der Waals surface area (Å²) in [5.41, 5.74) is 1.25. The zero-order valence-electron chi connectivity index (χ0n) is 11.9. The van der Waals surface area contributed by atoms with Gasteiger partial charge in [0, 0.05) is 25.1 Å². The SMILES string of the molecule is CNc1cc(NC(C)c2ccccc2)nc(C2CC2)n1. The molecule has 0 amide bonds. The van der Waals surface area contributed by atoms with Gasteiger partial charge < -0.3 is 10.6 Å². The summed E-state index contributed by atoms with van der Waals surface area (Å²) in [5.74, 6) is 3.28. The molecule has 0 saturated heterocycles. The molecule has 20 heavy (non-hydrogen) atoms. The van der Waals surface area contributed by atoms with E-state index < -0.39 is 0 Å². The van der Waals surface area contributed by atoms with Crippen molar-refractivity contribution in [2.24, 2.45) is 0 Å². The minimum atomic E-state index is 0.225. The number of anilines is 2. The predicted octanol–water partition coefficient (Wildman–Crippen LogP) is 3.57. The molecule has 3 rings (SSSR count). The lowest BCUT2D eigenvalue weighted by Crippen LogP contribution is -2.10. The molecule has 104 valence electrons. The van der Waals surface area contributed by atoms with Crippen molar-refractivity contribution in [1.29, 1.82) is 0 Å². The van der Waals surface area contributed by atoms with Crippen molar-refractivity contribution in [3.05, 3.63) is 47.8 Å². The van der Waals surface area contributed by atoms with Crippen LogP contribution in [0.2, 0.25) is 0 Å². The maximum Gasteiger partial charge on any atom is 0.136 e. The first kappa shape index (κ1) is 12.9. The highest BCUT2D eigenvalue weighted by molar-refractivity contribution is 5.49. The number of nitrogens with one attached hydrogen (secondary N) is 2. The molecule has 1 saturated carbocycles. The number of nitrogens with zero attached hydrogens (tertiary/aromatic N) is 2. The molecular formula is C16H20N4. The highest BCUT2D eigenvalue weighted by atomic mass is 15.1. The minimum absolute atomic E-state index is 0.225. The molecular weight excluding hydrogens is 248 g/mol. The molecule has 4 heteroatoms. The Morgan fingerprint density at radius 1 is 1.10 bits per heavy atom. The minimum Gasteiger partial charge on any atom is -0.373 e. The van der Waals surface area contributed by atoms with Gasteiger partial charge in [0.2, 0.25) is 0 Å². The second kappa shape index (κ2) is 5.49. The Labute approximate surface area is 119 Å². The monoisotopic (exact) mass is 268 g/mol. The Hall–Kier alpha value is -2.10. The van der Waals surface area contributed by atoms with Crippen LogP contribution in [-0.2, 0) is 0 Å². The summed E-state index contributed by atoms with van der Waals surface area (Å²) in [5, 5.41) is 6.58. The number of rotatable bonds is 5. The first-order valence-corrected chi connectivity index (χ1v) is 7.14. The molecule has 4 nitrogen and oxygen atoms in total. The fraction of sp³-hybridized carbons (Fsp3) is 0.375. The predicted molar refractivity (Wildman–Crippen MR) is 82.0 cm³/mol. The number of benzene rings is 1. The van der Waals surface area contributed by atoms with E-state index in [1.807, 2.05) is 19.2 Å². The van der Waals surface area contributed by atoms with E-state index in [2.05, 4.69) is 51.8 Å². The maximum absolute atomic E-state index is 4.65. The lowest BCUT2D eigenvalue weighted by Gasteiger charge is -2.16. The van der Waals surface area contributed by atoms with E-state index in [9.17, 15) is 0 Å². The third-order valence-electron chi connectivity index (χ3n) is 3.61. The summed E-state index contributed by atoms with van der Waals surface area (Å²) >= 11 is 0. The third-order valence-corrected chi connectivity index (χ3v) is 3.61. The third kappa shape index (κ3) is 2.90. The normalized spacial score (nSPS) is 15.7. The number of hydrogen-bond donors (Lipinski definition) is 2. The van der Waals surface area contributed by atoms with Crippen molar-refractivity contribution in [3.63, 3.8) is 0 Å². The van der Waals surface area contributed by atoms with Crippen molar-refractivity contribution in [2.45, 2.75) is 31.7 Å². The Morgan fingerprint density at radius 2 is 1.80 bits per heavy atom. The van der Waals surface area contributed by atoms with Crippen LogP contribution in [-0.4, -0.2) is 17.0 Å². The Morgan fingerprint density at radius 3 is 2.45 bits per heavy atom. The zero-order chi connectivity index (χ0) is 13.9. The summed E-state index contributed by atoms with van der Waals surface area (Å²) < 4.78 is 0. The topological polar surface area (TPSA) is 49.8 Å². The first-order valence-electron chi connectivity index (χ1n) is 7.14. The molecule has 0 radical (unpaired) electrons. The van der Waals surface area contributed by atoms with Crippen LogP contribution in [0.15, 0.2) is 36.4 Å². The second-order valence-electron chi connectivity index (χ2n) is 5.30. The van der Waals surface area contributed by atoms with Gasteiger partial charge in [-0.25, -0.2) is 9.97 Å². The maximum atomic E-state index is 4.65. The van der Waals surface area contributed by atoms with E-state index in [1.54, 1.807) is 0 Å². The Balaban J connectivity index is 1.81. The van der Waals surface area contributed by atoms with E-state index in [0.717, 1.165) is 17.5 Å². The highest BCUT2D eigenvalue weighted by Gasteiger charge is 2.27. The Bertz CT molecular complexity index is 578. The van der Waals surface area contributed by atoms with Gasteiger partial charge in [-0.05, 0) is 25.3 Å². The average Bonchev–Trinajstić information content (AvgIpc) is 3.32. The van der Waals surface area contributed by atoms with E-state index in [-0.39, 0.29) is 6.04 Å². The van der Waals surface area contributed by atoms with Gasteiger partial charge in [-0.1, -0.05) is 30.3 Å². The fourth-order valence-electron chi connectivity index (χ4n) is 2.24. The largest absolute Gasteiger partial charge is 0.373 e. The van der Waals surface area contributed by atoms with E-state index in [1.165, 1.54) is 18.4 Å². The van der Waals surface area contributed by atoms with Crippen LogP contribution in [0.3, 0.4) is 0 Å². The van der Waals surface area contributed by atoms with Gasteiger partial charge in [0.15, 0.2) is 0 Å². The molecule has 1 aromatic heterocycles. The molecule has 2 aromatic rings. The van der Waals surface area contributed by atoms with Crippen LogP contribution in [0, 0.1) is 0 Å². The summed E-state index contributed by atoms with van der Waals surface area (Å²) in [4.78, 5) is 9.18. The lowest BCUT2D eigenvalue weighted by molar-refractivity contribution is 0.855. The van der Waals surface area contributed by atoms with Gasteiger partial charge in [0.25, 0.3) is 0 Å². The second-order valence-corrected chi connectivity index (χ2v) is 5.30. The lowest BCUT2D eigenvalue weighted by atomic mass is 10.1. The van der Waals surface area contributed by atoms with Crippen LogP contribution in [0.1, 0.15) is 43.1 Å². The van der Waals surface area contributed by atoms with E-state index >= 15 is 0 Å². The zero-order valence-corrected chi connectivity index (χ0v) is 11.9. The van der Waals surface area contributed by atoms with Gasteiger partial charge in [-0.2, -0.15) is 0 Å². The molecule has 1 fully saturated rings. The molecule has 2 N–H and O–H groups in total. The van der Waals surface area contributed by atoms with Gasteiger partial charge in [-0.3, -0.25) is 0 Å². The first-order chi connectivity index (χ1) is 9.76. The van der Waals surface area contributed by atoms with Crippen molar-refractivity contribution >= 4 is 11.6 Å². The van der Waals surface area contributed by atoms with Crippen LogP contribution in [0.4, 0.5) is 11.6 Å². The Kier molecular flexibility index (Phi) is 3.54. The van der Waals surface area contributed by atoms with Crippen LogP contribution in [0.5, 0.6) is 0 Å². The van der Waals surface area contributed by atoms with Gasteiger partial charge in [-0.15, -0.1) is 0 Å². The molecule has 1 aromatic carbocycles. The molecule has 1 aliphatic carbocycles. The molecule has 1 unspecified atom stereocenters. The molecule has 0 bridgehead atoms. The van der Waals surface area contributed by atoms with Crippen molar-refractivity contribution in [3.8, 4) is 0 Å². The van der Waals surface area contributed by atoms with Gasteiger partial charge in [0.05, 0.1) is 0 Å². The van der Waals surface area contributed by atoms with Crippen molar-refractivity contribution in [2.75, 3.05) is 17.7 Å². The van der Waals surface area contributed by atoms with Crippen LogP contribution in [0.25, 0.3) is 0 Å². The van der Waals surface area contributed by atoms with E-state index in [4.69, 9.17) is 0 Å². The standard InChI is InChI=1S/C16H20N4/c1-11(12-6-4-3-5-7-12)18-15-10-14(17-2)19-16(20-15)13-8-9-13/h3-7,10-11,13H,8-9H2,1-2H3,(H2,17,18,19,20). The summed E-state index contributed by atoms with van der Waals surface area (Å²) in [7, 11) is 1.89. The molecule has 1 aliphatic rings. The molecule has 1 heterocycles. The quantitative estimate of drug-likeness (QED) is 0.870. The average molecular weight is 268 g/mol. The highest BCUT2D eigenvalue weighted by Crippen LogP contribution is 2.39. The number of hydrogen-bond acceptors (Lipinski definition) is 4. The summed E-state index contributed by atoms with van der Waals surface area (Å²) in [6.07, 6.45) is 2.42. The smallest absolute Gasteiger partial charge is 0.136 e. The van der Waals surface area contributed by atoms with Crippen molar-refractivity contribution in [1.82, 2.24) is 9.97 Å². The van der Waals surface area contributed by atoms with Crippen molar-refractivity contribution < 1.29 is 0 Å². The summed E-state index contributed by atoms with van der Waals surface area (Å²) in [6, 6.07) is 12.6. The van der Waals surface area contributed by atoms with E-state index in [0.29, 0.717) is 5.92 Å². The molecule has 0 aliphatic heterocycles. The molecule has 1 atom stereocenters.